The van der Waals surface area contributed by atoms with Crippen LogP contribution in [0, 0.1) is 0 Å². The van der Waals surface area contributed by atoms with Gasteiger partial charge in [-0.3, -0.25) is 14.3 Å². The summed E-state index contributed by atoms with van der Waals surface area (Å²) in [5, 5.41) is 11.7. The van der Waals surface area contributed by atoms with Crippen molar-refractivity contribution in [3.05, 3.63) is 82.4 Å². The Balaban J connectivity index is 1.39. The molecule has 5 heteroatoms. The summed E-state index contributed by atoms with van der Waals surface area (Å²) >= 11 is 0. The molecule has 0 saturated carbocycles. The van der Waals surface area contributed by atoms with Gasteiger partial charge in [-0.25, -0.2) is 4.98 Å². The molecule has 0 radical (unpaired) electrons. The molecule has 3 aromatic rings. The van der Waals surface area contributed by atoms with Gasteiger partial charge < -0.3 is 5.11 Å². The second-order valence-corrected chi connectivity index (χ2v) is 8.10. The highest BCUT2D eigenvalue weighted by atomic mass is 16.3. The molecular formula is C24H27N3O2. The number of aliphatic hydroxyl groups is 1. The van der Waals surface area contributed by atoms with Gasteiger partial charge in [-0.2, -0.15) is 0 Å². The first kappa shape index (κ1) is 19.6. The Kier molecular flexibility index (Phi) is 5.60. The maximum atomic E-state index is 12.7. The van der Waals surface area contributed by atoms with Crippen LogP contribution in [0.25, 0.3) is 17.0 Å². The van der Waals surface area contributed by atoms with E-state index in [4.69, 9.17) is 0 Å². The summed E-state index contributed by atoms with van der Waals surface area (Å²) < 4.78 is 1.55. The SMILES string of the molecule is C/C(=C\c1ccccc1)CN1CCC(O)(Cn2cnc3ccccc3c2=O)CC1. The predicted molar refractivity (Wildman–Crippen MR) is 117 cm³/mol. The highest BCUT2D eigenvalue weighted by Gasteiger charge is 2.33. The van der Waals surface area contributed by atoms with Crippen molar-refractivity contribution in [2.45, 2.75) is 31.9 Å². The van der Waals surface area contributed by atoms with Crippen LogP contribution in [0.1, 0.15) is 25.3 Å². The first-order valence-electron chi connectivity index (χ1n) is 10.1. The number of para-hydroxylation sites is 1. The molecule has 0 unspecified atom stereocenters. The van der Waals surface area contributed by atoms with Crippen molar-refractivity contribution in [3.8, 4) is 0 Å². The number of benzene rings is 2. The molecular weight excluding hydrogens is 362 g/mol. The molecule has 0 bridgehead atoms. The van der Waals surface area contributed by atoms with Crippen LogP contribution in [-0.2, 0) is 6.54 Å². The second-order valence-electron chi connectivity index (χ2n) is 8.10. The van der Waals surface area contributed by atoms with Gasteiger partial charge in [-0.1, -0.05) is 54.1 Å². The van der Waals surface area contributed by atoms with Gasteiger partial charge >= 0.3 is 0 Å². The number of hydrogen-bond donors (Lipinski definition) is 1. The van der Waals surface area contributed by atoms with Crippen LogP contribution >= 0.6 is 0 Å². The number of rotatable bonds is 5. The Morgan fingerprint density at radius 3 is 2.55 bits per heavy atom. The minimum absolute atomic E-state index is 0.0897. The quantitative estimate of drug-likeness (QED) is 0.727. The molecule has 2 heterocycles. The zero-order chi connectivity index (χ0) is 20.3. The van der Waals surface area contributed by atoms with Crippen LogP contribution in [0.15, 0.2) is 71.3 Å². The monoisotopic (exact) mass is 389 g/mol. The largest absolute Gasteiger partial charge is 0.388 e. The lowest BCUT2D eigenvalue weighted by Crippen LogP contribution is -2.48. The van der Waals surface area contributed by atoms with Gasteiger partial charge in [0.15, 0.2) is 0 Å². The van der Waals surface area contributed by atoms with Crippen LogP contribution < -0.4 is 5.56 Å². The van der Waals surface area contributed by atoms with Crippen LogP contribution in [0.5, 0.6) is 0 Å². The van der Waals surface area contributed by atoms with Crippen LogP contribution in [-0.4, -0.2) is 44.8 Å². The smallest absolute Gasteiger partial charge is 0.261 e. The molecule has 1 saturated heterocycles. The number of hydrogen-bond acceptors (Lipinski definition) is 4. The van der Waals surface area contributed by atoms with Crippen molar-refractivity contribution < 1.29 is 5.11 Å². The molecule has 2 aromatic carbocycles. The topological polar surface area (TPSA) is 58.4 Å². The normalized spacial score (nSPS) is 17.5. The highest BCUT2D eigenvalue weighted by molar-refractivity contribution is 5.76. The zero-order valence-corrected chi connectivity index (χ0v) is 16.8. The highest BCUT2D eigenvalue weighted by Crippen LogP contribution is 2.24. The van der Waals surface area contributed by atoms with Gasteiger partial charge in [-0.05, 0) is 37.5 Å². The third-order valence-corrected chi connectivity index (χ3v) is 5.67. The lowest BCUT2D eigenvalue weighted by atomic mass is 9.91. The molecule has 29 heavy (non-hydrogen) atoms. The van der Waals surface area contributed by atoms with Crippen molar-refractivity contribution in [1.82, 2.24) is 14.5 Å². The second kappa shape index (κ2) is 8.31. The molecule has 1 aromatic heterocycles. The van der Waals surface area contributed by atoms with E-state index in [-0.39, 0.29) is 12.1 Å². The van der Waals surface area contributed by atoms with Gasteiger partial charge in [0.1, 0.15) is 0 Å². The van der Waals surface area contributed by atoms with Crippen molar-refractivity contribution in [2.75, 3.05) is 19.6 Å². The van der Waals surface area contributed by atoms with E-state index in [9.17, 15) is 9.90 Å². The summed E-state index contributed by atoms with van der Waals surface area (Å²) in [6, 6.07) is 17.7. The summed E-state index contributed by atoms with van der Waals surface area (Å²) in [5.74, 6) is 0. The summed E-state index contributed by atoms with van der Waals surface area (Å²) in [6.07, 6.45) is 5.05. The standard InChI is InChI=1S/C24H27N3O2/c1-19(15-20-7-3-2-4-8-20)16-26-13-11-24(29,12-14-26)17-27-18-25-22-10-6-5-9-21(22)23(27)28/h2-10,15,18,29H,11-14,16-17H2,1H3/b19-15+. The third kappa shape index (κ3) is 4.63. The van der Waals surface area contributed by atoms with E-state index in [0.29, 0.717) is 23.7 Å². The van der Waals surface area contributed by atoms with Crippen molar-refractivity contribution in [1.29, 1.82) is 0 Å². The maximum Gasteiger partial charge on any atom is 0.261 e. The lowest BCUT2D eigenvalue weighted by Gasteiger charge is -2.38. The van der Waals surface area contributed by atoms with E-state index in [1.807, 2.05) is 36.4 Å². The molecule has 0 amide bonds. The van der Waals surface area contributed by atoms with Gasteiger partial charge in [0.25, 0.3) is 5.56 Å². The van der Waals surface area contributed by atoms with E-state index < -0.39 is 5.60 Å². The molecule has 0 atom stereocenters. The minimum atomic E-state index is -0.873. The lowest BCUT2D eigenvalue weighted by molar-refractivity contribution is -0.0330. The number of fused-ring (bicyclic) bond motifs is 1. The zero-order valence-electron chi connectivity index (χ0n) is 16.8. The van der Waals surface area contributed by atoms with Gasteiger partial charge in [0, 0.05) is 19.6 Å². The Hall–Kier alpha value is -2.76. The van der Waals surface area contributed by atoms with Crippen LogP contribution in [0.2, 0.25) is 0 Å². The maximum absolute atomic E-state index is 12.7. The fraction of sp³-hybridized carbons (Fsp3) is 0.333. The average Bonchev–Trinajstić information content (AvgIpc) is 2.73. The summed E-state index contributed by atoms with van der Waals surface area (Å²) in [5.41, 5.74) is 2.24. The first-order chi connectivity index (χ1) is 14.0. The van der Waals surface area contributed by atoms with Gasteiger partial charge in [0.2, 0.25) is 0 Å². The number of nitrogens with zero attached hydrogens (tertiary/aromatic N) is 3. The van der Waals surface area contributed by atoms with E-state index >= 15 is 0 Å². The third-order valence-electron chi connectivity index (χ3n) is 5.67. The number of piperidine rings is 1. The molecule has 1 aliphatic heterocycles. The molecule has 150 valence electrons. The summed E-state index contributed by atoms with van der Waals surface area (Å²) in [4.78, 5) is 19.5. The first-order valence-corrected chi connectivity index (χ1v) is 10.1. The molecule has 0 aliphatic carbocycles. The van der Waals surface area contributed by atoms with E-state index in [0.717, 1.165) is 19.6 Å². The molecule has 1 N–H and O–H groups in total. The minimum Gasteiger partial charge on any atom is -0.388 e. The Morgan fingerprint density at radius 1 is 1.10 bits per heavy atom. The fourth-order valence-electron chi connectivity index (χ4n) is 4.05. The number of aromatic nitrogens is 2. The van der Waals surface area contributed by atoms with Gasteiger partial charge in [-0.15, -0.1) is 0 Å². The fourth-order valence-corrected chi connectivity index (χ4v) is 4.05. The molecule has 0 spiro atoms. The molecule has 1 fully saturated rings. The van der Waals surface area contributed by atoms with Crippen LogP contribution in [0.3, 0.4) is 0 Å². The molecule has 4 rings (SSSR count). The Morgan fingerprint density at radius 2 is 1.79 bits per heavy atom. The summed E-state index contributed by atoms with van der Waals surface area (Å²) in [7, 11) is 0. The van der Waals surface area contributed by atoms with E-state index in [2.05, 4.69) is 35.0 Å². The van der Waals surface area contributed by atoms with E-state index in [1.165, 1.54) is 11.1 Å². The van der Waals surface area contributed by atoms with Crippen molar-refractivity contribution in [3.63, 3.8) is 0 Å². The number of likely N-dealkylation sites (tertiary alicyclic amines) is 1. The average molecular weight is 389 g/mol. The van der Waals surface area contributed by atoms with Crippen molar-refractivity contribution >= 4 is 17.0 Å². The Labute approximate surface area is 170 Å². The molecule has 1 aliphatic rings. The molecule has 5 nitrogen and oxygen atoms in total. The predicted octanol–water partition coefficient (Wildman–Crippen LogP) is 3.33. The van der Waals surface area contributed by atoms with Crippen LogP contribution in [0.4, 0.5) is 0 Å². The summed E-state index contributed by atoms with van der Waals surface area (Å²) in [6.45, 7) is 4.95. The van der Waals surface area contributed by atoms with E-state index in [1.54, 1.807) is 17.0 Å². The van der Waals surface area contributed by atoms with Crippen molar-refractivity contribution in [2.24, 2.45) is 0 Å². The Bertz CT molecular complexity index is 1060. The van der Waals surface area contributed by atoms with Gasteiger partial charge in [0.05, 0.1) is 29.4 Å².